The fourth-order valence-electron chi connectivity index (χ4n) is 1.96. The van der Waals surface area contributed by atoms with Gasteiger partial charge in [-0.2, -0.15) is 0 Å². The van der Waals surface area contributed by atoms with Crippen LogP contribution in [0.1, 0.15) is 5.56 Å². The highest BCUT2D eigenvalue weighted by Crippen LogP contribution is 2.30. The number of methoxy groups -OCH3 is 2. The highest BCUT2D eigenvalue weighted by atomic mass is 16.5. The number of nitrogens with two attached hydrogens (primary N) is 1. The van der Waals surface area contributed by atoms with Crippen LogP contribution in [0, 0.1) is 0 Å². The van der Waals surface area contributed by atoms with Gasteiger partial charge in [0.05, 0.1) is 14.2 Å². The van der Waals surface area contributed by atoms with Crippen molar-refractivity contribution in [2.75, 3.05) is 31.9 Å². The minimum atomic E-state index is 0.329. The Morgan fingerprint density at radius 3 is 2.70 bits per heavy atom. The summed E-state index contributed by atoms with van der Waals surface area (Å²) >= 11 is 0. The summed E-state index contributed by atoms with van der Waals surface area (Å²) in [5.74, 6) is 2.29. The van der Waals surface area contributed by atoms with Crippen molar-refractivity contribution in [1.29, 1.82) is 0 Å². The van der Waals surface area contributed by atoms with Crippen molar-refractivity contribution in [3.8, 4) is 11.5 Å². The van der Waals surface area contributed by atoms with Gasteiger partial charge in [-0.05, 0) is 17.7 Å². The Morgan fingerprint density at radius 2 is 2.00 bits per heavy atom. The molecule has 2 N–H and O–H groups in total. The molecule has 0 radical (unpaired) electrons. The zero-order valence-electron chi connectivity index (χ0n) is 11.8. The smallest absolute Gasteiger partial charge is 0.204 e. The molecule has 1 aromatic carbocycles. The monoisotopic (exact) mass is 274 g/mol. The first-order valence-corrected chi connectivity index (χ1v) is 6.14. The summed E-state index contributed by atoms with van der Waals surface area (Å²) in [6, 6.07) is 7.86. The van der Waals surface area contributed by atoms with Crippen LogP contribution in [0.5, 0.6) is 11.5 Å². The number of nitrogen functional groups attached to an aromatic ring is 1. The van der Waals surface area contributed by atoms with Gasteiger partial charge in [0.15, 0.2) is 11.6 Å². The van der Waals surface area contributed by atoms with E-state index in [0.717, 1.165) is 11.3 Å². The summed E-state index contributed by atoms with van der Waals surface area (Å²) in [6.07, 6.45) is 1.43. The van der Waals surface area contributed by atoms with Crippen molar-refractivity contribution >= 4 is 11.6 Å². The van der Waals surface area contributed by atoms with Crippen LogP contribution in [0.2, 0.25) is 0 Å². The van der Waals surface area contributed by atoms with Crippen LogP contribution in [-0.4, -0.2) is 31.2 Å². The molecule has 6 heteroatoms. The zero-order chi connectivity index (χ0) is 14.5. The molecule has 0 aliphatic carbocycles. The lowest BCUT2D eigenvalue weighted by Gasteiger charge is -2.21. The number of benzene rings is 1. The molecule has 20 heavy (non-hydrogen) atoms. The van der Waals surface area contributed by atoms with Gasteiger partial charge in [-0.15, -0.1) is 0 Å². The Hall–Kier alpha value is -2.50. The minimum Gasteiger partial charge on any atom is -0.497 e. The van der Waals surface area contributed by atoms with Gasteiger partial charge < -0.3 is 20.1 Å². The van der Waals surface area contributed by atoms with Gasteiger partial charge in [0, 0.05) is 13.6 Å². The van der Waals surface area contributed by atoms with Crippen LogP contribution in [0.15, 0.2) is 30.6 Å². The van der Waals surface area contributed by atoms with Gasteiger partial charge >= 0.3 is 0 Å². The Bertz CT molecular complexity index is 589. The highest BCUT2D eigenvalue weighted by molar-refractivity contribution is 5.62. The van der Waals surface area contributed by atoms with Gasteiger partial charge in [-0.1, -0.05) is 12.1 Å². The Balaban J connectivity index is 2.23. The molecule has 0 amide bonds. The van der Waals surface area contributed by atoms with Gasteiger partial charge in [-0.3, -0.25) is 0 Å². The van der Waals surface area contributed by atoms with E-state index in [2.05, 4.69) is 9.97 Å². The molecule has 1 aromatic heterocycles. The van der Waals surface area contributed by atoms with E-state index < -0.39 is 0 Å². The lowest BCUT2D eigenvalue weighted by atomic mass is 10.2. The van der Waals surface area contributed by atoms with Crippen LogP contribution in [0.25, 0.3) is 0 Å². The fraction of sp³-hybridized carbons (Fsp3) is 0.286. The number of hydrogen-bond donors (Lipinski definition) is 1. The molecule has 106 valence electrons. The molecule has 1 heterocycles. The predicted molar refractivity (Wildman–Crippen MR) is 78.1 cm³/mol. The lowest BCUT2D eigenvalue weighted by Crippen LogP contribution is -2.19. The second kappa shape index (κ2) is 6.10. The normalized spacial score (nSPS) is 10.2. The number of hydrogen-bond acceptors (Lipinski definition) is 6. The molecule has 0 aliphatic heterocycles. The third-order valence-electron chi connectivity index (χ3n) is 2.93. The molecule has 2 aromatic rings. The average molecular weight is 274 g/mol. The van der Waals surface area contributed by atoms with E-state index in [4.69, 9.17) is 15.2 Å². The van der Waals surface area contributed by atoms with E-state index in [1.807, 2.05) is 36.2 Å². The topological polar surface area (TPSA) is 73.5 Å². The van der Waals surface area contributed by atoms with Gasteiger partial charge in [0.25, 0.3) is 0 Å². The van der Waals surface area contributed by atoms with E-state index >= 15 is 0 Å². The molecule has 2 rings (SSSR count). The molecule has 0 saturated carbocycles. The fourth-order valence-corrected chi connectivity index (χ4v) is 1.96. The third-order valence-corrected chi connectivity index (χ3v) is 2.93. The number of ether oxygens (including phenoxy) is 2. The van der Waals surface area contributed by atoms with Crippen molar-refractivity contribution in [3.05, 3.63) is 36.2 Å². The van der Waals surface area contributed by atoms with Crippen LogP contribution in [0.4, 0.5) is 11.6 Å². The molecule has 0 fully saturated rings. The highest BCUT2D eigenvalue weighted by Gasteiger charge is 2.14. The van der Waals surface area contributed by atoms with Gasteiger partial charge in [0.1, 0.15) is 12.1 Å². The first-order valence-electron chi connectivity index (χ1n) is 6.14. The molecular formula is C14H18N4O2. The maximum atomic E-state index is 5.79. The SMILES string of the molecule is COc1cccc(CN(C)c2ncnc(N)c2OC)c1. The Labute approximate surface area is 118 Å². The summed E-state index contributed by atoms with van der Waals surface area (Å²) in [4.78, 5) is 10.1. The molecular weight excluding hydrogens is 256 g/mol. The Kier molecular flexibility index (Phi) is 4.24. The standard InChI is InChI=1S/C14H18N4O2/c1-18(8-10-5-4-6-11(7-10)19-2)14-12(20-3)13(15)16-9-17-14/h4-7,9H,8H2,1-3H3,(H2,15,16,17). The van der Waals surface area contributed by atoms with E-state index in [0.29, 0.717) is 23.9 Å². The molecule has 0 bridgehead atoms. The second-order valence-corrected chi connectivity index (χ2v) is 4.32. The van der Waals surface area contributed by atoms with Gasteiger partial charge in [0.2, 0.25) is 5.75 Å². The molecule has 0 spiro atoms. The predicted octanol–water partition coefficient (Wildman–Crippen LogP) is 1.71. The summed E-state index contributed by atoms with van der Waals surface area (Å²) in [7, 11) is 5.12. The summed E-state index contributed by atoms with van der Waals surface area (Å²) in [5, 5.41) is 0. The second-order valence-electron chi connectivity index (χ2n) is 4.32. The number of nitrogens with zero attached hydrogens (tertiary/aromatic N) is 3. The summed E-state index contributed by atoms with van der Waals surface area (Å²) in [5.41, 5.74) is 6.89. The van der Waals surface area contributed by atoms with Crippen LogP contribution >= 0.6 is 0 Å². The third kappa shape index (κ3) is 2.90. The van der Waals surface area contributed by atoms with Crippen molar-refractivity contribution < 1.29 is 9.47 Å². The first-order chi connectivity index (χ1) is 9.65. The number of anilines is 2. The maximum Gasteiger partial charge on any atom is 0.204 e. The van der Waals surface area contributed by atoms with Crippen molar-refractivity contribution in [2.45, 2.75) is 6.54 Å². The lowest BCUT2D eigenvalue weighted by molar-refractivity contribution is 0.412. The average Bonchev–Trinajstić information content (AvgIpc) is 2.47. The number of rotatable bonds is 5. The van der Waals surface area contributed by atoms with Crippen molar-refractivity contribution in [3.63, 3.8) is 0 Å². The van der Waals surface area contributed by atoms with E-state index in [-0.39, 0.29) is 0 Å². The Morgan fingerprint density at radius 1 is 1.20 bits per heavy atom. The first kappa shape index (κ1) is 13.9. The number of aromatic nitrogens is 2. The van der Waals surface area contributed by atoms with E-state index in [9.17, 15) is 0 Å². The molecule has 6 nitrogen and oxygen atoms in total. The molecule has 0 unspecified atom stereocenters. The van der Waals surface area contributed by atoms with Crippen molar-refractivity contribution in [1.82, 2.24) is 9.97 Å². The van der Waals surface area contributed by atoms with E-state index in [1.54, 1.807) is 14.2 Å². The summed E-state index contributed by atoms with van der Waals surface area (Å²) in [6.45, 7) is 0.657. The zero-order valence-corrected chi connectivity index (χ0v) is 11.8. The van der Waals surface area contributed by atoms with Crippen molar-refractivity contribution in [2.24, 2.45) is 0 Å². The quantitative estimate of drug-likeness (QED) is 0.894. The summed E-state index contributed by atoms with van der Waals surface area (Å²) < 4.78 is 10.5. The maximum absolute atomic E-state index is 5.79. The van der Waals surface area contributed by atoms with Crippen LogP contribution in [0.3, 0.4) is 0 Å². The van der Waals surface area contributed by atoms with Crippen LogP contribution in [-0.2, 0) is 6.54 Å². The largest absolute Gasteiger partial charge is 0.497 e. The van der Waals surface area contributed by atoms with Crippen LogP contribution < -0.4 is 20.1 Å². The minimum absolute atomic E-state index is 0.329. The molecule has 0 atom stereocenters. The van der Waals surface area contributed by atoms with Gasteiger partial charge in [-0.25, -0.2) is 9.97 Å². The molecule has 0 saturated heterocycles. The molecule has 0 aliphatic rings. The van der Waals surface area contributed by atoms with E-state index in [1.165, 1.54) is 6.33 Å².